The zero-order chi connectivity index (χ0) is 10.7. The van der Waals surface area contributed by atoms with Crippen LogP contribution in [-0.4, -0.2) is 41.4 Å². The van der Waals surface area contributed by atoms with Crippen molar-refractivity contribution in [3.05, 3.63) is 0 Å². The van der Waals surface area contributed by atoms with Crippen molar-refractivity contribution >= 4 is 0 Å². The van der Waals surface area contributed by atoms with Crippen molar-refractivity contribution in [2.75, 3.05) is 13.2 Å². The molecule has 2 saturated heterocycles. The largest absolute Gasteiger partial charge is 0.394 e. The molecule has 0 aliphatic carbocycles. The van der Waals surface area contributed by atoms with Crippen LogP contribution in [0.15, 0.2) is 0 Å². The van der Waals surface area contributed by atoms with E-state index in [0.717, 1.165) is 38.5 Å². The van der Waals surface area contributed by atoms with E-state index in [2.05, 4.69) is 0 Å². The van der Waals surface area contributed by atoms with Gasteiger partial charge in [-0.3, -0.25) is 0 Å². The molecule has 4 nitrogen and oxygen atoms in total. The van der Waals surface area contributed by atoms with Crippen molar-refractivity contribution in [2.45, 2.75) is 56.5 Å². The first-order valence-electron chi connectivity index (χ1n) is 5.85. The van der Waals surface area contributed by atoms with Gasteiger partial charge in [0.05, 0.1) is 25.4 Å². The predicted molar refractivity (Wildman–Crippen MR) is 54.4 cm³/mol. The molecule has 0 aromatic heterocycles. The molecule has 2 aliphatic heterocycles. The van der Waals surface area contributed by atoms with Crippen LogP contribution in [0.4, 0.5) is 0 Å². The molecule has 2 fully saturated rings. The van der Waals surface area contributed by atoms with Gasteiger partial charge in [-0.2, -0.15) is 0 Å². The third kappa shape index (κ3) is 6.37. The first-order valence-corrected chi connectivity index (χ1v) is 5.85. The van der Waals surface area contributed by atoms with Gasteiger partial charge >= 0.3 is 0 Å². The Hall–Kier alpha value is 4.07. The summed E-state index contributed by atoms with van der Waals surface area (Å²) in [6, 6.07) is 0. The fourth-order valence-electron chi connectivity index (χ4n) is 2.57. The number of rotatable bonds is 2. The topological polar surface area (TPSA) is 58.9 Å². The van der Waals surface area contributed by atoms with Crippen LogP contribution >= 0.6 is 0 Å². The van der Waals surface area contributed by atoms with E-state index in [-0.39, 0.29) is 169 Å². The van der Waals surface area contributed by atoms with E-state index in [1.807, 2.05) is 0 Å². The fraction of sp³-hybridized carbons (Fsp3) is 1.00. The van der Waals surface area contributed by atoms with Gasteiger partial charge in [-0.15, -0.1) is 0 Å². The van der Waals surface area contributed by atoms with E-state index in [0.29, 0.717) is 0 Å². The number of aliphatic hydroxyl groups is 2. The van der Waals surface area contributed by atoms with E-state index in [1.54, 1.807) is 0 Å². The Bertz CT molecular complexity index is 194. The summed E-state index contributed by atoms with van der Waals surface area (Å²) in [6.45, 7) is 0.129. The average molecular weight is 660 g/mol. The molecular weight excluding hydrogens is 640 g/mol. The summed E-state index contributed by atoms with van der Waals surface area (Å²) in [5, 5.41) is 18.2. The molecule has 2 atom stereocenters. The molecule has 0 saturated carbocycles. The van der Waals surface area contributed by atoms with Crippen LogP contribution in [0.2, 0.25) is 0 Å². The molecule has 2 heterocycles. The van der Waals surface area contributed by atoms with Gasteiger partial charge in [0.2, 0.25) is 0 Å². The van der Waals surface area contributed by atoms with Crippen molar-refractivity contribution in [3.8, 4) is 0 Å². The van der Waals surface area contributed by atoms with Crippen molar-refractivity contribution in [1.82, 2.24) is 0 Å². The minimum absolute atomic E-state index is 0. The molecule has 17 heavy (non-hydrogen) atoms. The van der Waals surface area contributed by atoms with Gasteiger partial charge in [-0.1, -0.05) is 0 Å². The molecule has 0 aromatic rings. The van der Waals surface area contributed by atoms with Gasteiger partial charge in [0.25, 0.3) is 0 Å². The van der Waals surface area contributed by atoms with Crippen LogP contribution < -0.4 is 0 Å². The van der Waals surface area contributed by atoms with Crippen molar-refractivity contribution < 1.29 is 163 Å². The summed E-state index contributed by atoms with van der Waals surface area (Å²) < 4.78 is 11.6. The molecule has 2 rings (SSSR count). The maximum absolute atomic E-state index is 9.10. The molecule has 6 heteroatoms. The smallest absolute Gasteiger partial charge is 0.169 e. The van der Waals surface area contributed by atoms with Gasteiger partial charge in [0.15, 0.2) is 5.79 Å². The first kappa shape index (κ1) is 21.1. The van der Waals surface area contributed by atoms with Crippen molar-refractivity contribution in [1.29, 1.82) is 0 Å². The number of aliphatic hydroxyl groups excluding tert-OH is 2. The SMILES string of the molecule is OCC1CCCC2(CCCC(CO)O2)O1.[Rn].[Rn]. The van der Waals surface area contributed by atoms with E-state index in [4.69, 9.17) is 19.7 Å². The summed E-state index contributed by atoms with van der Waals surface area (Å²) in [5.41, 5.74) is 0. The van der Waals surface area contributed by atoms with Gasteiger partial charge in [-0.25, -0.2) is 0 Å². The Kier molecular flexibility index (Phi) is 13.3. The second kappa shape index (κ2) is 10.7. The van der Waals surface area contributed by atoms with Crippen LogP contribution in [0.25, 0.3) is 0 Å². The Labute approximate surface area is 226 Å². The second-order valence-electron chi connectivity index (χ2n) is 4.54. The van der Waals surface area contributed by atoms with Crippen LogP contribution in [0.5, 0.6) is 0 Å². The average Bonchev–Trinajstić information content (AvgIpc) is 2.29. The summed E-state index contributed by atoms with van der Waals surface area (Å²) >= 11 is 0. The van der Waals surface area contributed by atoms with Gasteiger partial charge in [-0.05, 0) is 25.7 Å². The Morgan fingerprint density at radius 2 is 1.29 bits per heavy atom. The number of ether oxygens (including phenoxy) is 2. The van der Waals surface area contributed by atoms with Crippen molar-refractivity contribution in [3.63, 3.8) is 0 Å². The third-order valence-electron chi connectivity index (χ3n) is 3.34. The normalized spacial score (nSPS) is 37.1. The standard InChI is InChI=1S/C11H20O4.2Rn/c12-7-9-3-1-5-11(14-9)6-2-4-10(8-13)15-11;;/h9-10,12-13H,1-8H2;;. The summed E-state index contributed by atoms with van der Waals surface area (Å²) in [7, 11) is 0. The molecule has 104 valence electrons. The Balaban J connectivity index is 0.00000128. The zero-order valence-corrected chi connectivity index (χ0v) is 15.2. The molecule has 0 amide bonds. The fourth-order valence-corrected chi connectivity index (χ4v) is 2.57. The van der Waals surface area contributed by atoms with Gasteiger partial charge in [0.1, 0.15) is 0 Å². The monoisotopic (exact) mass is 660 g/mol. The van der Waals surface area contributed by atoms with Crippen LogP contribution in [0.1, 0.15) is 38.5 Å². The summed E-state index contributed by atoms with van der Waals surface area (Å²) in [4.78, 5) is 0. The maximum Gasteiger partial charge on any atom is 0.169 e. The molecule has 2 aliphatic rings. The first-order chi connectivity index (χ1) is 7.28. The van der Waals surface area contributed by atoms with Gasteiger partial charge in [0, 0.05) is 157 Å². The molecule has 0 radical (unpaired) electrons. The predicted octanol–water partition coefficient (Wildman–Crippen LogP) is 0.805. The van der Waals surface area contributed by atoms with Crippen LogP contribution in [0, 0.1) is 144 Å². The third-order valence-corrected chi connectivity index (χ3v) is 3.34. The van der Waals surface area contributed by atoms with Crippen molar-refractivity contribution in [2.24, 2.45) is 0 Å². The van der Waals surface area contributed by atoms with E-state index in [1.165, 1.54) is 0 Å². The Morgan fingerprint density at radius 1 is 0.882 bits per heavy atom. The quantitative estimate of drug-likeness (QED) is 0.461. The summed E-state index contributed by atoms with van der Waals surface area (Å²) in [6.07, 6.45) is 5.48. The van der Waals surface area contributed by atoms with Crippen LogP contribution in [-0.2, 0) is 9.47 Å². The number of hydrogen-bond donors (Lipinski definition) is 2. The summed E-state index contributed by atoms with van der Waals surface area (Å²) in [5.74, 6) is -0.517. The molecule has 0 aromatic carbocycles. The molecule has 0 bridgehead atoms. The molecule has 2 N–H and O–H groups in total. The molecular formula is C11H20O4Rn2. The van der Waals surface area contributed by atoms with Gasteiger partial charge < -0.3 is 19.7 Å². The number of hydrogen-bond acceptors (Lipinski definition) is 4. The second-order valence-corrected chi connectivity index (χ2v) is 4.54. The maximum atomic E-state index is 9.10. The van der Waals surface area contributed by atoms with E-state index >= 15 is 0 Å². The van der Waals surface area contributed by atoms with Crippen LogP contribution in [0.3, 0.4) is 0 Å². The van der Waals surface area contributed by atoms with E-state index in [9.17, 15) is 0 Å². The molecule has 1 spiro atoms. The Morgan fingerprint density at radius 3 is 1.65 bits per heavy atom. The minimum atomic E-state index is -0.517. The minimum Gasteiger partial charge on any atom is -0.394 e. The molecule has 2 unspecified atom stereocenters. The van der Waals surface area contributed by atoms with E-state index < -0.39 is 5.79 Å². The zero-order valence-electron chi connectivity index (χ0n) is 9.73.